The van der Waals surface area contributed by atoms with E-state index in [1.54, 1.807) is 48.5 Å². The molecular formula is C15H11Cl2NO2. The third-order valence-corrected chi connectivity index (χ3v) is 3.23. The molecule has 1 N–H and O–H groups in total. The van der Waals surface area contributed by atoms with E-state index in [4.69, 9.17) is 23.2 Å². The van der Waals surface area contributed by atoms with E-state index in [0.717, 1.165) is 0 Å². The average molecular weight is 308 g/mol. The van der Waals surface area contributed by atoms with E-state index in [2.05, 4.69) is 5.32 Å². The van der Waals surface area contributed by atoms with E-state index in [1.165, 1.54) is 0 Å². The van der Waals surface area contributed by atoms with Gasteiger partial charge in [-0.05, 0) is 18.2 Å². The Morgan fingerprint density at radius 2 is 1.45 bits per heavy atom. The molecule has 0 bridgehead atoms. The SMILES string of the molecule is O=C(NCCl)c1ccccc1C(=O)c1ccccc1Cl. The minimum Gasteiger partial charge on any atom is -0.338 e. The molecule has 0 atom stereocenters. The molecule has 20 heavy (non-hydrogen) atoms. The van der Waals surface area contributed by atoms with E-state index in [9.17, 15) is 9.59 Å². The summed E-state index contributed by atoms with van der Waals surface area (Å²) in [6.45, 7) is 0. The van der Waals surface area contributed by atoms with E-state index in [1.807, 2.05) is 0 Å². The van der Waals surface area contributed by atoms with Gasteiger partial charge in [-0.2, -0.15) is 0 Å². The zero-order valence-corrected chi connectivity index (χ0v) is 11.9. The average Bonchev–Trinajstić information content (AvgIpc) is 2.47. The number of amides is 1. The van der Waals surface area contributed by atoms with Crippen LogP contribution in [0.3, 0.4) is 0 Å². The standard InChI is InChI=1S/C15H11Cl2NO2/c16-9-18-15(20)11-6-2-1-5-10(11)14(19)12-7-3-4-8-13(12)17/h1-8H,9H2,(H,18,20). The van der Waals surface area contributed by atoms with Crippen LogP contribution in [0, 0.1) is 0 Å². The first-order chi connectivity index (χ1) is 9.65. The van der Waals surface area contributed by atoms with Crippen LogP contribution in [0.25, 0.3) is 0 Å². The number of carbonyl (C=O) groups is 2. The molecule has 3 nitrogen and oxygen atoms in total. The molecule has 0 aliphatic rings. The Morgan fingerprint density at radius 3 is 2.05 bits per heavy atom. The predicted molar refractivity (Wildman–Crippen MR) is 79.5 cm³/mol. The topological polar surface area (TPSA) is 46.2 Å². The molecule has 0 heterocycles. The van der Waals surface area contributed by atoms with Crippen LogP contribution < -0.4 is 5.32 Å². The maximum atomic E-state index is 12.5. The second-order valence-corrected chi connectivity index (χ2v) is 4.67. The van der Waals surface area contributed by atoms with E-state index in [0.29, 0.717) is 16.1 Å². The number of hydrogen-bond donors (Lipinski definition) is 1. The van der Waals surface area contributed by atoms with Gasteiger partial charge in [0.25, 0.3) is 5.91 Å². The monoisotopic (exact) mass is 307 g/mol. The summed E-state index contributed by atoms with van der Waals surface area (Å²) in [5, 5.41) is 2.82. The van der Waals surface area contributed by atoms with Gasteiger partial charge < -0.3 is 5.32 Å². The van der Waals surface area contributed by atoms with Crippen molar-refractivity contribution < 1.29 is 9.59 Å². The fraction of sp³-hybridized carbons (Fsp3) is 0.0667. The first kappa shape index (κ1) is 14.6. The summed E-state index contributed by atoms with van der Waals surface area (Å²) in [5.74, 6) is -0.688. The molecule has 5 heteroatoms. The highest BCUT2D eigenvalue weighted by atomic mass is 35.5. The largest absolute Gasteiger partial charge is 0.338 e. The molecule has 0 saturated heterocycles. The molecule has 2 aromatic rings. The van der Waals surface area contributed by atoms with Crippen LogP contribution in [0.1, 0.15) is 26.3 Å². The first-order valence-corrected chi connectivity index (χ1v) is 6.79. The Morgan fingerprint density at radius 1 is 0.900 bits per heavy atom. The van der Waals surface area contributed by atoms with Crippen LogP contribution in [0.2, 0.25) is 5.02 Å². The van der Waals surface area contributed by atoms with Gasteiger partial charge in [-0.25, -0.2) is 0 Å². The second-order valence-electron chi connectivity index (χ2n) is 3.99. The van der Waals surface area contributed by atoms with Crippen molar-refractivity contribution in [1.82, 2.24) is 5.32 Å². The quantitative estimate of drug-likeness (QED) is 0.534. The first-order valence-electron chi connectivity index (χ1n) is 5.87. The second kappa shape index (κ2) is 6.55. The van der Waals surface area contributed by atoms with Gasteiger partial charge in [-0.3, -0.25) is 9.59 Å². The number of hydrogen-bond acceptors (Lipinski definition) is 2. The van der Waals surface area contributed by atoms with Gasteiger partial charge >= 0.3 is 0 Å². The van der Waals surface area contributed by atoms with Crippen molar-refractivity contribution in [2.75, 3.05) is 6.00 Å². The van der Waals surface area contributed by atoms with Gasteiger partial charge in [0.2, 0.25) is 0 Å². The Kier molecular flexibility index (Phi) is 4.77. The summed E-state index contributed by atoms with van der Waals surface area (Å²) in [4.78, 5) is 24.4. The fourth-order valence-corrected chi connectivity index (χ4v) is 2.17. The van der Waals surface area contributed by atoms with Crippen LogP contribution in [-0.2, 0) is 0 Å². The Balaban J connectivity index is 2.46. The summed E-state index contributed by atoms with van der Waals surface area (Å²) in [5.41, 5.74) is 0.932. The minimum absolute atomic E-state index is 0.0204. The molecule has 1 amide bonds. The lowest BCUT2D eigenvalue weighted by Gasteiger charge is -2.09. The van der Waals surface area contributed by atoms with E-state index >= 15 is 0 Å². The zero-order chi connectivity index (χ0) is 14.5. The van der Waals surface area contributed by atoms with E-state index < -0.39 is 5.91 Å². The van der Waals surface area contributed by atoms with E-state index in [-0.39, 0.29) is 17.4 Å². The smallest absolute Gasteiger partial charge is 0.252 e. The molecule has 0 aliphatic heterocycles. The summed E-state index contributed by atoms with van der Waals surface area (Å²) in [7, 11) is 0. The highest BCUT2D eigenvalue weighted by Crippen LogP contribution is 2.21. The highest BCUT2D eigenvalue weighted by molar-refractivity contribution is 6.35. The van der Waals surface area contributed by atoms with Crippen LogP contribution in [0.15, 0.2) is 48.5 Å². The number of benzene rings is 2. The molecule has 0 aromatic heterocycles. The molecule has 2 rings (SSSR count). The molecule has 0 saturated carbocycles. The van der Waals surface area contributed by atoms with Crippen LogP contribution in [-0.4, -0.2) is 17.7 Å². The summed E-state index contributed by atoms with van der Waals surface area (Å²) in [6.07, 6.45) is 0. The van der Waals surface area contributed by atoms with Crippen molar-refractivity contribution in [2.24, 2.45) is 0 Å². The van der Waals surface area contributed by atoms with Gasteiger partial charge in [0.05, 0.1) is 16.6 Å². The lowest BCUT2D eigenvalue weighted by atomic mass is 9.98. The third kappa shape index (κ3) is 3.00. The normalized spacial score (nSPS) is 10.1. The van der Waals surface area contributed by atoms with Gasteiger partial charge in [0.15, 0.2) is 5.78 Å². The van der Waals surface area contributed by atoms with Gasteiger partial charge in [-0.1, -0.05) is 41.9 Å². The van der Waals surface area contributed by atoms with Crippen LogP contribution in [0.4, 0.5) is 0 Å². The van der Waals surface area contributed by atoms with Crippen LogP contribution in [0.5, 0.6) is 0 Å². The number of nitrogens with one attached hydrogen (secondary N) is 1. The number of rotatable bonds is 4. The molecule has 0 unspecified atom stereocenters. The van der Waals surface area contributed by atoms with Gasteiger partial charge in [-0.15, -0.1) is 11.6 Å². The minimum atomic E-state index is -0.393. The number of alkyl halides is 1. The maximum Gasteiger partial charge on any atom is 0.252 e. The number of ketones is 1. The Hall–Kier alpha value is -1.84. The summed E-state index contributed by atoms with van der Waals surface area (Å²) >= 11 is 11.5. The lowest BCUT2D eigenvalue weighted by molar-refractivity contribution is 0.0948. The molecule has 0 aliphatic carbocycles. The van der Waals surface area contributed by atoms with Crippen molar-refractivity contribution >= 4 is 34.9 Å². The number of carbonyl (C=O) groups excluding carboxylic acids is 2. The number of halogens is 2. The maximum absolute atomic E-state index is 12.5. The summed E-state index contributed by atoms with van der Waals surface area (Å²) < 4.78 is 0. The zero-order valence-electron chi connectivity index (χ0n) is 10.4. The molecular weight excluding hydrogens is 297 g/mol. The third-order valence-electron chi connectivity index (χ3n) is 2.76. The lowest BCUT2D eigenvalue weighted by Crippen LogP contribution is -2.24. The van der Waals surface area contributed by atoms with Crippen molar-refractivity contribution in [1.29, 1.82) is 0 Å². The van der Waals surface area contributed by atoms with Crippen molar-refractivity contribution in [3.05, 3.63) is 70.2 Å². The Labute approximate surface area is 126 Å². The Bertz CT molecular complexity index is 656. The molecule has 2 aromatic carbocycles. The molecule has 0 radical (unpaired) electrons. The predicted octanol–water partition coefficient (Wildman–Crippen LogP) is 3.50. The van der Waals surface area contributed by atoms with Crippen molar-refractivity contribution in [3.8, 4) is 0 Å². The highest BCUT2D eigenvalue weighted by Gasteiger charge is 2.19. The van der Waals surface area contributed by atoms with Crippen molar-refractivity contribution in [3.63, 3.8) is 0 Å². The van der Waals surface area contributed by atoms with Gasteiger partial charge in [0.1, 0.15) is 0 Å². The molecule has 102 valence electrons. The summed E-state index contributed by atoms with van der Waals surface area (Å²) in [6, 6.07) is 13.3. The van der Waals surface area contributed by atoms with Crippen LogP contribution >= 0.6 is 23.2 Å². The van der Waals surface area contributed by atoms with Gasteiger partial charge in [0, 0.05) is 11.1 Å². The van der Waals surface area contributed by atoms with Crippen molar-refractivity contribution in [2.45, 2.75) is 0 Å². The molecule has 0 fully saturated rings. The fourth-order valence-electron chi connectivity index (χ4n) is 1.83. The molecule has 0 spiro atoms.